The molecule has 0 spiro atoms. The Hall–Kier alpha value is -0.530. The van der Waals surface area contributed by atoms with Gasteiger partial charge in [0.1, 0.15) is 0 Å². The van der Waals surface area contributed by atoms with Crippen LogP contribution < -0.4 is 0 Å². The van der Waals surface area contributed by atoms with Crippen LogP contribution in [0.5, 0.6) is 0 Å². The van der Waals surface area contributed by atoms with Gasteiger partial charge in [0.15, 0.2) is 0 Å². The Labute approximate surface area is 89.7 Å². The summed E-state index contributed by atoms with van der Waals surface area (Å²) in [5.41, 5.74) is 3.29. The highest BCUT2D eigenvalue weighted by Gasteiger charge is 2.32. The minimum absolute atomic E-state index is 0.285. The monoisotopic (exact) mass is 210 g/mol. The van der Waals surface area contributed by atoms with E-state index in [9.17, 15) is 5.11 Å². The second kappa shape index (κ2) is 3.56. The first-order chi connectivity index (χ1) is 6.59. The highest BCUT2D eigenvalue weighted by Crippen LogP contribution is 2.43. The van der Waals surface area contributed by atoms with Crippen LogP contribution in [0.15, 0.2) is 12.1 Å². The summed E-state index contributed by atoms with van der Waals surface area (Å²) in [4.78, 5) is 0. The van der Waals surface area contributed by atoms with Crippen LogP contribution in [-0.4, -0.2) is 5.11 Å². The molecule has 0 aromatic heterocycles. The Morgan fingerprint density at radius 1 is 1.29 bits per heavy atom. The molecule has 1 aliphatic carbocycles. The van der Waals surface area contributed by atoms with E-state index in [2.05, 4.69) is 0 Å². The van der Waals surface area contributed by atoms with Crippen LogP contribution in [-0.2, 0) is 0 Å². The van der Waals surface area contributed by atoms with Crippen molar-refractivity contribution in [1.82, 2.24) is 0 Å². The second-order valence-corrected chi connectivity index (χ2v) is 4.67. The molecule has 1 fully saturated rings. The van der Waals surface area contributed by atoms with Gasteiger partial charge in [-0.15, -0.1) is 0 Å². The van der Waals surface area contributed by atoms with Gasteiger partial charge in [0.05, 0.1) is 6.10 Å². The first-order valence-electron chi connectivity index (χ1n) is 5.04. The normalized spacial score (nSPS) is 18.3. The molecule has 14 heavy (non-hydrogen) atoms. The highest BCUT2D eigenvalue weighted by atomic mass is 35.5. The predicted octanol–water partition coefficient (Wildman–Crippen LogP) is 3.40. The molecule has 1 aliphatic rings. The fourth-order valence-electron chi connectivity index (χ4n) is 2.04. The average molecular weight is 211 g/mol. The molecule has 1 aromatic rings. The third kappa shape index (κ3) is 1.79. The van der Waals surface area contributed by atoms with Crippen molar-refractivity contribution < 1.29 is 5.11 Å². The zero-order chi connectivity index (χ0) is 10.3. The molecule has 0 saturated heterocycles. The Morgan fingerprint density at radius 2 is 1.79 bits per heavy atom. The molecule has 1 unspecified atom stereocenters. The molecule has 0 heterocycles. The number of aliphatic hydroxyl groups is 1. The number of aliphatic hydroxyl groups excluding tert-OH is 1. The standard InChI is InChI=1S/C12H15ClO/c1-7-5-10(13)6-8(2)11(7)12(14)9-3-4-9/h5-6,9,12,14H,3-4H2,1-2H3. The zero-order valence-corrected chi connectivity index (χ0v) is 9.30. The van der Waals surface area contributed by atoms with Crippen molar-refractivity contribution in [2.24, 2.45) is 5.92 Å². The summed E-state index contributed by atoms with van der Waals surface area (Å²) in [5.74, 6) is 0.480. The minimum atomic E-state index is -0.285. The van der Waals surface area contributed by atoms with E-state index in [0.29, 0.717) is 5.92 Å². The fraction of sp³-hybridized carbons (Fsp3) is 0.500. The van der Waals surface area contributed by atoms with E-state index < -0.39 is 0 Å². The third-order valence-corrected chi connectivity index (χ3v) is 3.14. The molecular weight excluding hydrogens is 196 g/mol. The van der Waals surface area contributed by atoms with E-state index in [0.717, 1.165) is 34.6 Å². The van der Waals surface area contributed by atoms with Gasteiger partial charge in [-0.05, 0) is 61.4 Å². The summed E-state index contributed by atoms with van der Waals surface area (Å²) in [6.07, 6.45) is 2.03. The summed E-state index contributed by atoms with van der Waals surface area (Å²) < 4.78 is 0. The Balaban J connectivity index is 2.40. The molecule has 2 heteroatoms. The number of benzene rings is 1. The highest BCUT2D eigenvalue weighted by molar-refractivity contribution is 6.30. The SMILES string of the molecule is Cc1cc(Cl)cc(C)c1C(O)C1CC1. The van der Waals surface area contributed by atoms with Crippen LogP contribution in [0.25, 0.3) is 0 Å². The quantitative estimate of drug-likeness (QED) is 0.794. The van der Waals surface area contributed by atoms with E-state index in [4.69, 9.17) is 11.6 Å². The van der Waals surface area contributed by atoms with Crippen molar-refractivity contribution >= 4 is 11.6 Å². The smallest absolute Gasteiger partial charge is 0.0823 e. The maximum absolute atomic E-state index is 10.1. The number of hydrogen-bond donors (Lipinski definition) is 1. The first-order valence-corrected chi connectivity index (χ1v) is 5.42. The Kier molecular flexibility index (Phi) is 2.54. The van der Waals surface area contributed by atoms with E-state index in [-0.39, 0.29) is 6.10 Å². The topological polar surface area (TPSA) is 20.2 Å². The third-order valence-electron chi connectivity index (χ3n) is 2.92. The zero-order valence-electron chi connectivity index (χ0n) is 8.55. The van der Waals surface area contributed by atoms with Crippen LogP contribution in [0.2, 0.25) is 5.02 Å². The van der Waals surface area contributed by atoms with Gasteiger partial charge in [-0.3, -0.25) is 0 Å². The number of aryl methyl sites for hydroxylation is 2. The van der Waals surface area contributed by atoms with Gasteiger partial charge in [-0.1, -0.05) is 11.6 Å². The lowest BCUT2D eigenvalue weighted by molar-refractivity contribution is 0.152. The Bertz CT molecular complexity index is 332. The molecule has 0 radical (unpaired) electrons. The molecular formula is C12H15ClO. The summed E-state index contributed by atoms with van der Waals surface area (Å²) >= 11 is 5.94. The molecule has 1 atom stereocenters. The van der Waals surface area contributed by atoms with Gasteiger partial charge in [0.25, 0.3) is 0 Å². The summed E-state index contributed by atoms with van der Waals surface area (Å²) in [6, 6.07) is 3.85. The van der Waals surface area contributed by atoms with Crippen LogP contribution >= 0.6 is 11.6 Å². The van der Waals surface area contributed by atoms with Crippen molar-refractivity contribution in [3.8, 4) is 0 Å². The number of rotatable bonds is 2. The minimum Gasteiger partial charge on any atom is -0.388 e. The molecule has 2 rings (SSSR count). The lowest BCUT2D eigenvalue weighted by atomic mass is 9.95. The molecule has 76 valence electrons. The molecule has 0 bridgehead atoms. The van der Waals surface area contributed by atoms with Crippen LogP contribution in [0.4, 0.5) is 0 Å². The number of halogens is 1. The lowest BCUT2D eigenvalue weighted by Crippen LogP contribution is -2.04. The summed E-state index contributed by atoms with van der Waals surface area (Å²) in [5, 5.41) is 10.8. The molecule has 1 aromatic carbocycles. The summed E-state index contributed by atoms with van der Waals surface area (Å²) in [7, 11) is 0. The maximum Gasteiger partial charge on any atom is 0.0823 e. The summed E-state index contributed by atoms with van der Waals surface area (Å²) in [6.45, 7) is 4.03. The molecule has 0 aliphatic heterocycles. The van der Waals surface area contributed by atoms with Gasteiger partial charge in [-0.25, -0.2) is 0 Å². The predicted molar refractivity (Wildman–Crippen MR) is 58.6 cm³/mol. The van der Waals surface area contributed by atoms with E-state index in [1.165, 1.54) is 0 Å². The molecule has 0 amide bonds. The van der Waals surface area contributed by atoms with E-state index in [1.54, 1.807) is 0 Å². The Morgan fingerprint density at radius 3 is 2.21 bits per heavy atom. The molecule has 1 saturated carbocycles. The second-order valence-electron chi connectivity index (χ2n) is 4.24. The van der Waals surface area contributed by atoms with E-state index >= 15 is 0 Å². The van der Waals surface area contributed by atoms with Gasteiger partial charge < -0.3 is 5.11 Å². The van der Waals surface area contributed by atoms with Gasteiger partial charge in [-0.2, -0.15) is 0 Å². The van der Waals surface area contributed by atoms with Gasteiger partial charge in [0.2, 0.25) is 0 Å². The largest absolute Gasteiger partial charge is 0.388 e. The average Bonchev–Trinajstić information content (AvgIpc) is 2.83. The maximum atomic E-state index is 10.1. The van der Waals surface area contributed by atoms with Crippen molar-refractivity contribution in [2.75, 3.05) is 0 Å². The first kappa shape index (κ1) is 10.0. The van der Waals surface area contributed by atoms with Crippen molar-refractivity contribution in [1.29, 1.82) is 0 Å². The number of hydrogen-bond acceptors (Lipinski definition) is 1. The fourth-order valence-corrected chi connectivity index (χ4v) is 2.36. The van der Waals surface area contributed by atoms with Crippen molar-refractivity contribution in [2.45, 2.75) is 32.8 Å². The van der Waals surface area contributed by atoms with E-state index in [1.807, 2.05) is 26.0 Å². The van der Waals surface area contributed by atoms with Crippen LogP contribution in [0.1, 0.15) is 35.6 Å². The van der Waals surface area contributed by atoms with Crippen LogP contribution in [0, 0.1) is 19.8 Å². The van der Waals surface area contributed by atoms with Crippen molar-refractivity contribution in [3.63, 3.8) is 0 Å². The van der Waals surface area contributed by atoms with Crippen LogP contribution in [0.3, 0.4) is 0 Å². The lowest BCUT2D eigenvalue weighted by Gasteiger charge is -2.16. The van der Waals surface area contributed by atoms with Gasteiger partial charge in [0, 0.05) is 5.02 Å². The van der Waals surface area contributed by atoms with Gasteiger partial charge >= 0.3 is 0 Å². The molecule has 1 nitrogen and oxygen atoms in total. The molecule has 1 N–H and O–H groups in total. The van der Waals surface area contributed by atoms with Crippen molar-refractivity contribution in [3.05, 3.63) is 33.8 Å².